The lowest BCUT2D eigenvalue weighted by atomic mass is 9.86. The second-order valence-electron chi connectivity index (χ2n) is 5.41. The number of ether oxygens (including phenoxy) is 1. The number of nitrogens with one attached hydrogen (secondary N) is 1. The molecule has 1 aliphatic carbocycles. The SMILES string of the molecule is CCOc1ccccc1NC1=NC2CCCCC2CS1. The molecule has 20 heavy (non-hydrogen) atoms. The third-order valence-corrected chi connectivity index (χ3v) is 5.09. The highest BCUT2D eigenvalue weighted by Gasteiger charge is 2.29. The van der Waals surface area contributed by atoms with E-state index in [0.717, 1.165) is 22.5 Å². The molecule has 1 saturated carbocycles. The highest BCUT2D eigenvalue weighted by atomic mass is 32.2. The zero-order chi connectivity index (χ0) is 13.8. The first-order valence-electron chi connectivity index (χ1n) is 7.56. The second kappa shape index (κ2) is 6.53. The molecule has 0 spiro atoms. The van der Waals surface area contributed by atoms with Crippen molar-refractivity contribution in [3.05, 3.63) is 24.3 Å². The van der Waals surface area contributed by atoms with Gasteiger partial charge in [0, 0.05) is 5.75 Å². The lowest BCUT2D eigenvalue weighted by molar-refractivity contribution is 0.336. The van der Waals surface area contributed by atoms with Crippen LogP contribution < -0.4 is 10.1 Å². The van der Waals surface area contributed by atoms with Crippen LogP contribution in [0, 0.1) is 5.92 Å². The van der Waals surface area contributed by atoms with E-state index in [1.807, 2.05) is 36.9 Å². The molecule has 1 aliphatic heterocycles. The number of benzene rings is 1. The van der Waals surface area contributed by atoms with Crippen LogP contribution in [0.15, 0.2) is 29.3 Å². The van der Waals surface area contributed by atoms with Crippen molar-refractivity contribution >= 4 is 22.6 Å². The summed E-state index contributed by atoms with van der Waals surface area (Å²) in [5.41, 5.74) is 1.02. The number of hydrogen-bond acceptors (Lipinski definition) is 4. The Morgan fingerprint density at radius 3 is 3.05 bits per heavy atom. The topological polar surface area (TPSA) is 33.6 Å². The molecule has 3 nitrogen and oxygen atoms in total. The van der Waals surface area contributed by atoms with Gasteiger partial charge in [0.05, 0.1) is 18.3 Å². The number of aliphatic imine (C=N–C) groups is 1. The maximum atomic E-state index is 5.66. The van der Waals surface area contributed by atoms with Crippen molar-refractivity contribution in [3.63, 3.8) is 0 Å². The molecular formula is C16H22N2OS. The number of nitrogens with zero attached hydrogens (tertiary/aromatic N) is 1. The van der Waals surface area contributed by atoms with Gasteiger partial charge in [-0.05, 0) is 37.8 Å². The molecule has 4 heteroatoms. The van der Waals surface area contributed by atoms with E-state index >= 15 is 0 Å². The molecular weight excluding hydrogens is 268 g/mol. The van der Waals surface area contributed by atoms with Crippen LogP contribution in [0.3, 0.4) is 0 Å². The Kier molecular flexibility index (Phi) is 4.51. The van der Waals surface area contributed by atoms with Crippen molar-refractivity contribution in [2.75, 3.05) is 17.7 Å². The lowest BCUT2D eigenvalue weighted by Crippen LogP contribution is -2.31. The van der Waals surface area contributed by atoms with Gasteiger partial charge in [0.25, 0.3) is 0 Å². The number of hydrogen-bond donors (Lipinski definition) is 1. The van der Waals surface area contributed by atoms with E-state index in [0.29, 0.717) is 12.6 Å². The summed E-state index contributed by atoms with van der Waals surface area (Å²) in [5.74, 6) is 2.90. The fourth-order valence-electron chi connectivity index (χ4n) is 2.96. The molecule has 0 bridgehead atoms. The molecule has 1 aromatic rings. The van der Waals surface area contributed by atoms with Crippen LogP contribution in [0.1, 0.15) is 32.6 Å². The Morgan fingerprint density at radius 1 is 1.30 bits per heavy atom. The third kappa shape index (κ3) is 3.11. The van der Waals surface area contributed by atoms with Gasteiger partial charge in [-0.15, -0.1) is 0 Å². The Morgan fingerprint density at radius 2 is 2.15 bits per heavy atom. The van der Waals surface area contributed by atoms with Crippen molar-refractivity contribution < 1.29 is 4.74 Å². The second-order valence-corrected chi connectivity index (χ2v) is 6.42. The molecule has 0 saturated heterocycles. The molecule has 108 valence electrons. The predicted molar refractivity (Wildman–Crippen MR) is 86.9 cm³/mol. The maximum Gasteiger partial charge on any atom is 0.161 e. The zero-order valence-corrected chi connectivity index (χ0v) is 12.8. The minimum atomic E-state index is 0.534. The van der Waals surface area contributed by atoms with E-state index in [9.17, 15) is 0 Å². The third-order valence-electron chi connectivity index (χ3n) is 4.01. The molecule has 1 aromatic carbocycles. The molecule has 2 unspecified atom stereocenters. The van der Waals surface area contributed by atoms with Gasteiger partial charge in [0.15, 0.2) is 5.17 Å². The number of thioether (sulfide) groups is 1. The molecule has 2 aliphatic rings. The molecule has 1 heterocycles. The number of rotatable bonds is 3. The van der Waals surface area contributed by atoms with Crippen LogP contribution in [0.2, 0.25) is 0 Å². The first-order valence-corrected chi connectivity index (χ1v) is 8.55. The molecule has 0 aromatic heterocycles. The average Bonchev–Trinajstić information content (AvgIpc) is 2.49. The van der Waals surface area contributed by atoms with E-state index in [1.165, 1.54) is 31.4 Å². The van der Waals surface area contributed by atoms with Gasteiger partial charge < -0.3 is 10.1 Å². The van der Waals surface area contributed by atoms with Crippen LogP contribution in [-0.2, 0) is 0 Å². The molecule has 2 atom stereocenters. The predicted octanol–water partition coefficient (Wildman–Crippen LogP) is 4.16. The fourth-order valence-corrected chi connectivity index (χ4v) is 4.11. The van der Waals surface area contributed by atoms with Crippen LogP contribution in [-0.4, -0.2) is 23.6 Å². The minimum Gasteiger partial charge on any atom is -0.492 e. The Labute approximate surface area is 125 Å². The summed E-state index contributed by atoms with van der Waals surface area (Å²) in [6.07, 6.45) is 5.32. The molecule has 0 amide bonds. The van der Waals surface area contributed by atoms with Crippen molar-refractivity contribution in [2.24, 2.45) is 10.9 Å². The van der Waals surface area contributed by atoms with Crippen LogP contribution in [0.5, 0.6) is 5.75 Å². The van der Waals surface area contributed by atoms with Gasteiger partial charge in [0.1, 0.15) is 5.75 Å². The average molecular weight is 290 g/mol. The number of amidine groups is 1. The Hall–Kier alpha value is -1.16. The summed E-state index contributed by atoms with van der Waals surface area (Å²) in [6.45, 7) is 2.69. The molecule has 3 rings (SSSR count). The molecule has 1 N–H and O–H groups in total. The van der Waals surface area contributed by atoms with Gasteiger partial charge in [-0.2, -0.15) is 0 Å². The number of anilines is 1. The largest absolute Gasteiger partial charge is 0.492 e. The quantitative estimate of drug-likeness (QED) is 0.907. The van der Waals surface area contributed by atoms with Crippen molar-refractivity contribution in [1.29, 1.82) is 0 Å². The molecule has 0 radical (unpaired) electrons. The molecule has 1 fully saturated rings. The van der Waals surface area contributed by atoms with E-state index in [2.05, 4.69) is 11.4 Å². The Balaban J connectivity index is 1.73. The van der Waals surface area contributed by atoms with Crippen LogP contribution in [0.4, 0.5) is 5.69 Å². The lowest BCUT2D eigenvalue weighted by Gasteiger charge is -2.32. The van der Waals surface area contributed by atoms with Gasteiger partial charge in [-0.25, -0.2) is 0 Å². The number of fused-ring (bicyclic) bond motifs is 1. The highest BCUT2D eigenvalue weighted by Crippen LogP contribution is 2.35. The summed E-state index contributed by atoms with van der Waals surface area (Å²) in [4.78, 5) is 4.91. The first kappa shape index (κ1) is 13.8. The van der Waals surface area contributed by atoms with Gasteiger partial charge in [0.2, 0.25) is 0 Å². The minimum absolute atomic E-state index is 0.534. The fraction of sp³-hybridized carbons (Fsp3) is 0.562. The first-order chi connectivity index (χ1) is 9.86. The monoisotopic (exact) mass is 290 g/mol. The van der Waals surface area contributed by atoms with E-state index < -0.39 is 0 Å². The summed E-state index contributed by atoms with van der Waals surface area (Å²) in [6, 6.07) is 8.63. The van der Waals surface area contributed by atoms with Gasteiger partial charge in [-0.1, -0.05) is 36.7 Å². The summed E-state index contributed by atoms with van der Waals surface area (Å²) < 4.78 is 5.66. The zero-order valence-electron chi connectivity index (χ0n) is 12.0. The summed E-state index contributed by atoms with van der Waals surface area (Å²) in [5, 5.41) is 4.51. The van der Waals surface area contributed by atoms with Gasteiger partial charge in [-0.3, -0.25) is 4.99 Å². The highest BCUT2D eigenvalue weighted by molar-refractivity contribution is 8.14. The van der Waals surface area contributed by atoms with E-state index in [4.69, 9.17) is 9.73 Å². The van der Waals surface area contributed by atoms with E-state index in [1.54, 1.807) is 0 Å². The van der Waals surface area contributed by atoms with Crippen LogP contribution >= 0.6 is 11.8 Å². The Bertz CT molecular complexity index is 489. The van der Waals surface area contributed by atoms with Crippen molar-refractivity contribution in [1.82, 2.24) is 0 Å². The van der Waals surface area contributed by atoms with Crippen molar-refractivity contribution in [2.45, 2.75) is 38.6 Å². The van der Waals surface area contributed by atoms with Crippen molar-refractivity contribution in [3.8, 4) is 5.75 Å². The maximum absolute atomic E-state index is 5.66. The number of para-hydroxylation sites is 2. The summed E-state index contributed by atoms with van der Waals surface area (Å²) in [7, 11) is 0. The standard InChI is InChI=1S/C16H22N2OS/c1-2-19-15-10-6-5-9-14(15)18-16-17-13-8-4-3-7-12(13)11-20-16/h5-6,9-10,12-13H,2-4,7-8,11H2,1H3,(H,17,18). The smallest absolute Gasteiger partial charge is 0.161 e. The van der Waals surface area contributed by atoms with E-state index in [-0.39, 0.29) is 0 Å². The summed E-state index contributed by atoms with van der Waals surface area (Å²) >= 11 is 1.85. The van der Waals surface area contributed by atoms with Crippen LogP contribution in [0.25, 0.3) is 0 Å². The normalized spacial score (nSPS) is 25.6. The van der Waals surface area contributed by atoms with Gasteiger partial charge >= 0.3 is 0 Å².